The summed E-state index contributed by atoms with van der Waals surface area (Å²) in [5, 5.41) is 15.6. The quantitative estimate of drug-likeness (QED) is 0.800. The molecule has 1 saturated carbocycles. The summed E-state index contributed by atoms with van der Waals surface area (Å²) in [6.07, 6.45) is 3.83. The van der Waals surface area contributed by atoms with Gasteiger partial charge in [0.1, 0.15) is 0 Å². The number of nitrogens with one attached hydrogen (secondary N) is 2. The maximum absolute atomic E-state index is 11.8. The van der Waals surface area contributed by atoms with Crippen LogP contribution in [0.5, 0.6) is 0 Å². The van der Waals surface area contributed by atoms with Crippen LogP contribution in [0.2, 0.25) is 5.02 Å². The second-order valence-electron chi connectivity index (χ2n) is 5.32. The van der Waals surface area contributed by atoms with Crippen molar-refractivity contribution in [2.24, 2.45) is 5.92 Å². The van der Waals surface area contributed by atoms with Crippen LogP contribution in [0, 0.1) is 5.92 Å². The molecule has 1 aliphatic rings. The van der Waals surface area contributed by atoms with Gasteiger partial charge in [-0.3, -0.25) is 0 Å². The van der Waals surface area contributed by atoms with Gasteiger partial charge < -0.3 is 15.7 Å². The molecular formula is C15H21ClN2O2. The van der Waals surface area contributed by atoms with Gasteiger partial charge in [0.25, 0.3) is 0 Å². The molecule has 110 valence electrons. The molecule has 5 heteroatoms. The number of benzene rings is 1. The summed E-state index contributed by atoms with van der Waals surface area (Å²) < 4.78 is 0. The number of halogens is 1. The zero-order chi connectivity index (χ0) is 14.4. The van der Waals surface area contributed by atoms with Gasteiger partial charge in [0.2, 0.25) is 0 Å². The van der Waals surface area contributed by atoms with Gasteiger partial charge in [0, 0.05) is 24.2 Å². The maximum atomic E-state index is 11.8. The average molecular weight is 297 g/mol. The molecule has 0 aromatic heterocycles. The molecule has 1 aromatic rings. The number of rotatable bonds is 4. The predicted molar refractivity (Wildman–Crippen MR) is 79.7 cm³/mol. The zero-order valence-electron chi connectivity index (χ0n) is 11.4. The van der Waals surface area contributed by atoms with Crippen LogP contribution in [0.1, 0.15) is 31.2 Å². The molecular weight excluding hydrogens is 276 g/mol. The molecule has 0 unspecified atom stereocenters. The minimum Gasteiger partial charge on any atom is -0.396 e. The van der Waals surface area contributed by atoms with Gasteiger partial charge in [-0.1, -0.05) is 29.8 Å². The molecule has 0 aliphatic heterocycles. The van der Waals surface area contributed by atoms with Crippen LogP contribution in [-0.2, 0) is 6.54 Å². The van der Waals surface area contributed by atoms with Crippen molar-refractivity contribution in [1.82, 2.24) is 10.6 Å². The van der Waals surface area contributed by atoms with Gasteiger partial charge in [-0.25, -0.2) is 4.79 Å². The van der Waals surface area contributed by atoms with E-state index in [0.717, 1.165) is 31.2 Å². The van der Waals surface area contributed by atoms with Gasteiger partial charge in [0.05, 0.1) is 0 Å². The van der Waals surface area contributed by atoms with E-state index in [1.807, 2.05) is 24.3 Å². The second kappa shape index (κ2) is 7.50. The fourth-order valence-electron chi connectivity index (χ4n) is 2.54. The first-order chi connectivity index (χ1) is 9.69. The van der Waals surface area contributed by atoms with Crippen molar-refractivity contribution in [2.75, 3.05) is 6.61 Å². The molecule has 0 heterocycles. The van der Waals surface area contributed by atoms with Crippen molar-refractivity contribution >= 4 is 17.6 Å². The van der Waals surface area contributed by atoms with E-state index in [2.05, 4.69) is 10.6 Å². The lowest BCUT2D eigenvalue weighted by Gasteiger charge is -2.28. The molecule has 4 nitrogen and oxygen atoms in total. The molecule has 1 fully saturated rings. The third-order valence-corrected chi connectivity index (χ3v) is 4.21. The van der Waals surface area contributed by atoms with Crippen molar-refractivity contribution in [2.45, 2.75) is 38.3 Å². The Labute approximate surface area is 124 Å². The van der Waals surface area contributed by atoms with Crippen molar-refractivity contribution in [3.63, 3.8) is 0 Å². The summed E-state index contributed by atoms with van der Waals surface area (Å²) in [7, 11) is 0. The van der Waals surface area contributed by atoms with E-state index in [4.69, 9.17) is 16.7 Å². The van der Waals surface area contributed by atoms with Gasteiger partial charge in [0.15, 0.2) is 0 Å². The van der Waals surface area contributed by atoms with Crippen LogP contribution in [-0.4, -0.2) is 23.8 Å². The zero-order valence-corrected chi connectivity index (χ0v) is 12.2. The topological polar surface area (TPSA) is 61.4 Å². The minimum atomic E-state index is -0.155. The number of aliphatic hydroxyl groups is 1. The Morgan fingerprint density at radius 1 is 1.25 bits per heavy atom. The average Bonchev–Trinajstić information content (AvgIpc) is 2.47. The normalized spacial score (nSPS) is 22.3. The first kappa shape index (κ1) is 15.1. The van der Waals surface area contributed by atoms with Crippen molar-refractivity contribution in [1.29, 1.82) is 0 Å². The fraction of sp³-hybridized carbons (Fsp3) is 0.533. The SMILES string of the molecule is O=C(NCc1ccccc1Cl)NC1CCC(CO)CC1. The highest BCUT2D eigenvalue weighted by Gasteiger charge is 2.21. The Balaban J connectivity index is 1.72. The van der Waals surface area contributed by atoms with Crippen LogP contribution < -0.4 is 10.6 Å². The van der Waals surface area contributed by atoms with Gasteiger partial charge in [-0.2, -0.15) is 0 Å². The third kappa shape index (κ3) is 4.39. The second-order valence-corrected chi connectivity index (χ2v) is 5.73. The van der Waals surface area contributed by atoms with Crippen molar-refractivity contribution in [3.8, 4) is 0 Å². The molecule has 2 amide bonds. The monoisotopic (exact) mass is 296 g/mol. The van der Waals surface area contributed by atoms with Gasteiger partial charge in [-0.15, -0.1) is 0 Å². The van der Waals surface area contributed by atoms with Crippen molar-refractivity contribution < 1.29 is 9.90 Å². The Kier molecular flexibility index (Phi) is 5.68. The molecule has 0 bridgehead atoms. The summed E-state index contributed by atoms with van der Waals surface area (Å²) in [5.41, 5.74) is 0.910. The third-order valence-electron chi connectivity index (χ3n) is 3.84. The van der Waals surface area contributed by atoms with Gasteiger partial charge >= 0.3 is 6.03 Å². The lowest BCUT2D eigenvalue weighted by Crippen LogP contribution is -2.43. The summed E-state index contributed by atoms with van der Waals surface area (Å²) in [4.78, 5) is 11.8. The maximum Gasteiger partial charge on any atom is 0.315 e. The van der Waals surface area contributed by atoms with E-state index in [1.165, 1.54) is 0 Å². The molecule has 1 aromatic carbocycles. The molecule has 0 atom stereocenters. The van der Waals surface area contributed by atoms with Gasteiger partial charge in [-0.05, 0) is 43.2 Å². The number of aliphatic hydroxyl groups excluding tert-OH is 1. The first-order valence-electron chi connectivity index (χ1n) is 7.07. The van der Waals surface area contributed by atoms with Crippen LogP contribution in [0.25, 0.3) is 0 Å². The molecule has 0 radical (unpaired) electrons. The van der Waals surface area contributed by atoms with Crippen LogP contribution in [0.15, 0.2) is 24.3 Å². The Morgan fingerprint density at radius 3 is 2.60 bits per heavy atom. The Morgan fingerprint density at radius 2 is 1.95 bits per heavy atom. The first-order valence-corrected chi connectivity index (χ1v) is 7.45. The van der Waals surface area contributed by atoms with E-state index in [9.17, 15) is 4.79 Å². The number of hydrogen-bond donors (Lipinski definition) is 3. The largest absolute Gasteiger partial charge is 0.396 e. The summed E-state index contributed by atoms with van der Waals surface area (Å²) in [5.74, 6) is 0.402. The summed E-state index contributed by atoms with van der Waals surface area (Å²) >= 11 is 6.04. The highest BCUT2D eigenvalue weighted by atomic mass is 35.5. The van der Waals surface area contributed by atoms with E-state index in [0.29, 0.717) is 17.5 Å². The Bertz CT molecular complexity index is 445. The number of urea groups is 1. The lowest BCUT2D eigenvalue weighted by atomic mass is 9.87. The number of carbonyl (C=O) groups excluding carboxylic acids is 1. The van der Waals surface area contributed by atoms with Crippen LogP contribution >= 0.6 is 11.6 Å². The molecule has 0 saturated heterocycles. The standard InChI is InChI=1S/C15H21ClN2O2/c16-14-4-2-1-3-12(14)9-17-15(20)18-13-7-5-11(10-19)6-8-13/h1-4,11,13,19H,5-10H2,(H2,17,18,20). The van der Waals surface area contributed by atoms with Crippen LogP contribution in [0.4, 0.5) is 4.79 Å². The van der Waals surface area contributed by atoms with Crippen molar-refractivity contribution in [3.05, 3.63) is 34.9 Å². The molecule has 1 aliphatic carbocycles. The molecule has 2 rings (SSSR count). The summed E-state index contributed by atoms with van der Waals surface area (Å²) in [6, 6.07) is 7.53. The van der Waals surface area contributed by atoms with E-state index < -0.39 is 0 Å². The Hall–Kier alpha value is -1.26. The molecule has 3 N–H and O–H groups in total. The minimum absolute atomic E-state index is 0.155. The number of amides is 2. The number of carbonyl (C=O) groups is 1. The molecule has 20 heavy (non-hydrogen) atoms. The lowest BCUT2D eigenvalue weighted by molar-refractivity contribution is 0.174. The van der Waals surface area contributed by atoms with Crippen LogP contribution in [0.3, 0.4) is 0 Å². The smallest absolute Gasteiger partial charge is 0.315 e. The van der Waals surface area contributed by atoms with E-state index >= 15 is 0 Å². The number of hydrogen-bond acceptors (Lipinski definition) is 2. The highest BCUT2D eigenvalue weighted by molar-refractivity contribution is 6.31. The highest BCUT2D eigenvalue weighted by Crippen LogP contribution is 2.23. The van der Waals surface area contributed by atoms with E-state index in [-0.39, 0.29) is 18.7 Å². The molecule has 0 spiro atoms. The fourth-order valence-corrected chi connectivity index (χ4v) is 2.75. The summed E-state index contributed by atoms with van der Waals surface area (Å²) in [6.45, 7) is 0.683. The predicted octanol–water partition coefficient (Wildman–Crippen LogP) is 2.69. The van der Waals surface area contributed by atoms with E-state index in [1.54, 1.807) is 0 Å².